The highest BCUT2D eigenvalue weighted by Crippen LogP contribution is 2.53. The van der Waals surface area contributed by atoms with Crippen molar-refractivity contribution in [2.75, 3.05) is 10.6 Å². The lowest BCUT2D eigenvalue weighted by atomic mass is 9.98. The number of thiophene rings is 2. The van der Waals surface area contributed by atoms with Gasteiger partial charge in [0.2, 0.25) is 12.8 Å². The molecular formula is C24H12F6N4O6S3. The van der Waals surface area contributed by atoms with Gasteiger partial charge in [-0.2, -0.15) is 26.3 Å². The summed E-state index contributed by atoms with van der Waals surface area (Å²) in [7, 11) is 0. The average Bonchev–Trinajstić information content (AvgIpc) is 3.59. The largest absolute Gasteiger partial charge is 0.417 e. The number of halogens is 6. The van der Waals surface area contributed by atoms with Crippen LogP contribution >= 0.6 is 34.4 Å². The van der Waals surface area contributed by atoms with Gasteiger partial charge in [0.05, 0.1) is 43.5 Å². The molecule has 4 aromatic rings. The summed E-state index contributed by atoms with van der Waals surface area (Å²) < 4.78 is 84.5. The minimum absolute atomic E-state index is 0.0126. The topological polar surface area (TPSA) is 144 Å². The summed E-state index contributed by atoms with van der Waals surface area (Å²) in [4.78, 5) is 44.0. The Labute approximate surface area is 247 Å². The zero-order chi connectivity index (χ0) is 31.7. The van der Waals surface area contributed by atoms with Crippen LogP contribution in [-0.2, 0) is 21.9 Å². The number of hydrogen-bond donors (Lipinski definition) is 2. The fraction of sp³-hybridized carbons (Fsp3) is 0.0833. The van der Waals surface area contributed by atoms with Gasteiger partial charge in [-0.1, -0.05) is 34.4 Å². The number of carbonyl (C=O) groups excluding carboxylic acids is 2. The Hall–Kier alpha value is -4.49. The molecule has 0 radical (unpaired) electrons. The molecule has 0 aliphatic carbocycles. The minimum atomic E-state index is -5.06. The molecule has 4 rings (SSSR count). The van der Waals surface area contributed by atoms with Gasteiger partial charge in [0.1, 0.15) is 0 Å². The van der Waals surface area contributed by atoms with E-state index in [1.54, 1.807) is 0 Å². The van der Waals surface area contributed by atoms with Crippen molar-refractivity contribution in [2.45, 2.75) is 22.1 Å². The van der Waals surface area contributed by atoms with Crippen LogP contribution in [0.25, 0.3) is 22.3 Å². The van der Waals surface area contributed by atoms with Crippen LogP contribution in [0.2, 0.25) is 0 Å². The quantitative estimate of drug-likeness (QED) is 0.0752. The highest BCUT2D eigenvalue weighted by atomic mass is 32.2. The number of hydrogen-bond acceptors (Lipinski definition) is 9. The monoisotopic (exact) mass is 662 g/mol. The summed E-state index contributed by atoms with van der Waals surface area (Å²) in [6.45, 7) is 0. The number of nitrogens with zero attached hydrogens (tertiary/aromatic N) is 2. The van der Waals surface area contributed by atoms with Crippen molar-refractivity contribution in [1.82, 2.24) is 0 Å². The first-order valence-electron chi connectivity index (χ1n) is 11.2. The van der Waals surface area contributed by atoms with Crippen molar-refractivity contribution in [1.29, 1.82) is 0 Å². The van der Waals surface area contributed by atoms with Gasteiger partial charge in [-0.05, 0) is 47.2 Å². The zero-order valence-corrected chi connectivity index (χ0v) is 23.1. The van der Waals surface area contributed by atoms with Crippen LogP contribution in [0.4, 0.5) is 47.7 Å². The molecule has 0 spiro atoms. The Kier molecular flexibility index (Phi) is 8.79. The normalized spacial score (nSPS) is 11.7. The van der Waals surface area contributed by atoms with E-state index in [-0.39, 0.29) is 22.6 Å². The molecule has 0 unspecified atom stereocenters. The van der Waals surface area contributed by atoms with Gasteiger partial charge < -0.3 is 10.6 Å². The second kappa shape index (κ2) is 12.0. The van der Waals surface area contributed by atoms with Gasteiger partial charge in [-0.25, -0.2) is 0 Å². The number of nitrogens with one attached hydrogen (secondary N) is 2. The highest BCUT2D eigenvalue weighted by Gasteiger charge is 2.40. The van der Waals surface area contributed by atoms with Crippen LogP contribution < -0.4 is 10.6 Å². The van der Waals surface area contributed by atoms with Crippen molar-refractivity contribution in [3.63, 3.8) is 0 Å². The van der Waals surface area contributed by atoms with Crippen molar-refractivity contribution in [2.24, 2.45) is 0 Å². The van der Waals surface area contributed by atoms with E-state index in [1.807, 2.05) is 0 Å². The fourth-order valence-corrected chi connectivity index (χ4v) is 6.63. The summed E-state index contributed by atoms with van der Waals surface area (Å²) in [6, 6.07) is 5.02. The molecule has 0 aliphatic heterocycles. The Morgan fingerprint density at radius 3 is 1.35 bits per heavy atom. The molecule has 0 atom stereocenters. The maximum atomic E-state index is 14.1. The van der Waals surface area contributed by atoms with Crippen LogP contribution in [0.5, 0.6) is 0 Å². The Morgan fingerprint density at radius 1 is 0.674 bits per heavy atom. The second-order valence-electron chi connectivity index (χ2n) is 8.14. The molecule has 10 nitrogen and oxygen atoms in total. The number of nitro groups is 2. The van der Waals surface area contributed by atoms with E-state index >= 15 is 0 Å². The van der Waals surface area contributed by atoms with E-state index in [2.05, 4.69) is 10.6 Å². The smallest absolute Gasteiger partial charge is 0.327 e. The lowest BCUT2D eigenvalue weighted by molar-refractivity contribution is -0.379. The van der Waals surface area contributed by atoms with Crippen molar-refractivity contribution >= 4 is 68.6 Å². The molecule has 0 saturated carbocycles. The number of alkyl halides is 6. The summed E-state index contributed by atoms with van der Waals surface area (Å²) in [5, 5.41) is 28.4. The third kappa shape index (κ3) is 6.18. The van der Waals surface area contributed by atoms with E-state index in [4.69, 9.17) is 0 Å². The molecule has 2 aromatic heterocycles. The molecule has 224 valence electrons. The summed E-state index contributed by atoms with van der Waals surface area (Å²) in [5.41, 5.74) is -6.34. The van der Waals surface area contributed by atoms with E-state index < -0.39 is 77.0 Å². The Balaban J connectivity index is 2.04. The third-order valence-electron chi connectivity index (χ3n) is 5.73. The van der Waals surface area contributed by atoms with Gasteiger partial charge in [0, 0.05) is 20.9 Å². The minimum Gasteiger partial charge on any atom is -0.327 e. The zero-order valence-electron chi connectivity index (χ0n) is 20.6. The molecule has 2 aromatic carbocycles. The van der Waals surface area contributed by atoms with Crippen LogP contribution in [0.3, 0.4) is 0 Å². The first-order valence-corrected chi connectivity index (χ1v) is 13.8. The molecule has 2 amide bonds. The number of carbonyl (C=O) groups is 2. The van der Waals surface area contributed by atoms with Crippen LogP contribution in [0, 0.1) is 20.2 Å². The van der Waals surface area contributed by atoms with Crippen LogP contribution in [0.1, 0.15) is 11.1 Å². The van der Waals surface area contributed by atoms with Gasteiger partial charge in [-0.3, -0.25) is 29.8 Å². The molecule has 2 heterocycles. The molecule has 19 heteroatoms. The molecule has 0 fully saturated rings. The SMILES string of the molecule is O=CNc1c(Sc2ccc(C(F)(F)F)c(-c3ccsc3[N+](=O)[O-])c2NC=O)ccc(C(F)(F)F)c1-c1ccsc1[N+](=O)[O-]. The molecular weight excluding hydrogens is 650 g/mol. The van der Waals surface area contributed by atoms with E-state index in [0.29, 0.717) is 46.6 Å². The lowest BCUT2D eigenvalue weighted by Crippen LogP contribution is -2.11. The summed E-state index contributed by atoms with van der Waals surface area (Å²) >= 11 is 1.55. The number of amides is 2. The lowest BCUT2D eigenvalue weighted by Gasteiger charge is -2.21. The van der Waals surface area contributed by atoms with Gasteiger partial charge in [-0.15, -0.1) is 0 Å². The molecule has 0 bridgehead atoms. The standard InChI is InChI=1S/C24H12F6N4O6S3/c25-23(26,27)13-1-3-15(19(31-9-35)17(13)11-5-7-41-21(11)33(37)38)43-16-4-2-14(24(28,29)30)18(20(16)32-10-36)12-6-8-42-22(12)34(39)40/h1-10H,(H,31,35)(H,32,36). The Bertz CT molecular complexity index is 1630. The van der Waals surface area contributed by atoms with Crippen LogP contribution in [0.15, 0.2) is 56.9 Å². The van der Waals surface area contributed by atoms with Gasteiger partial charge in [0.25, 0.3) is 0 Å². The molecule has 43 heavy (non-hydrogen) atoms. The van der Waals surface area contributed by atoms with Crippen molar-refractivity contribution in [3.8, 4) is 22.3 Å². The number of anilines is 2. The summed E-state index contributed by atoms with van der Waals surface area (Å²) in [6.07, 6.45) is -10.1. The maximum Gasteiger partial charge on any atom is 0.417 e. The van der Waals surface area contributed by atoms with E-state index in [9.17, 15) is 56.2 Å². The second-order valence-corrected chi connectivity index (χ2v) is 11.0. The Morgan fingerprint density at radius 2 is 1.05 bits per heavy atom. The van der Waals surface area contributed by atoms with E-state index in [0.717, 1.165) is 24.3 Å². The first-order chi connectivity index (χ1) is 20.2. The van der Waals surface area contributed by atoms with Crippen LogP contribution in [-0.4, -0.2) is 22.7 Å². The predicted octanol–water partition coefficient (Wildman–Crippen LogP) is 8.29. The number of benzene rings is 2. The highest BCUT2D eigenvalue weighted by molar-refractivity contribution is 7.99. The first kappa shape index (κ1) is 31.4. The summed E-state index contributed by atoms with van der Waals surface area (Å²) in [5.74, 6) is 0. The van der Waals surface area contributed by atoms with Gasteiger partial charge >= 0.3 is 22.4 Å². The van der Waals surface area contributed by atoms with E-state index in [1.165, 1.54) is 10.8 Å². The van der Waals surface area contributed by atoms with Crippen molar-refractivity contribution in [3.05, 3.63) is 78.5 Å². The molecule has 0 aliphatic rings. The maximum absolute atomic E-state index is 14.1. The third-order valence-corrected chi connectivity index (χ3v) is 8.58. The van der Waals surface area contributed by atoms with Gasteiger partial charge in [0.15, 0.2) is 0 Å². The predicted molar refractivity (Wildman–Crippen MR) is 146 cm³/mol. The average molecular weight is 663 g/mol. The molecule has 2 N–H and O–H groups in total. The fourth-order valence-electron chi connectivity index (χ4n) is 4.16. The number of rotatable bonds is 10. The molecule has 0 saturated heterocycles. The van der Waals surface area contributed by atoms with Crippen molar-refractivity contribution < 1.29 is 45.8 Å².